The van der Waals surface area contributed by atoms with Crippen LogP contribution in [0.15, 0.2) is 24.3 Å². The zero-order chi connectivity index (χ0) is 15.3. The fraction of sp³-hybridized carbons (Fsp3) is 0.684. The molecule has 1 nitrogen and oxygen atoms in total. The van der Waals surface area contributed by atoms with Crippen LogP contribution in [0.5, 0.6) is 0 Å². The second kappa shape index (κ2) is 12.1. The van der Waals surface area contributed by atoms with Crippen molar-refractivity contribution in [2.45, 2.75) is 77.7 Å². The van der Waals surface area contributed by atoms with Gasteiger partial charge in [0.25, 0.3) is 0 Å². The van der Waals surface area contributed by atoms with Gasteiger partial charge in [0.15, 0.2) is 0 Å². The fourth-order valence-corrected chi connectivity index (χ4v) is 3.07. The first-order valence-electron chi connectivity index (χ1n) is 8.74. The van der Waals surface area contributed by atoms with Crippen molar-refractivity contribution in [3.63, 3.8) is 0 Å². The van der Waals surface area contributed by atoms with Crippen LogP contribution >= 0.6 is 11.6 Å². The molecule has 0 bridgehead atoms. The van der Waals surface area contributed by atoms with Crippen molar-refractivity contribution in [1.29, 1.82) is 0 Å². The molecule has 0 aliphatic carbocycles. The highest BCUT2D eigenvalue weighted by atomic mass is 35.5. The molecule has 1 aromatic rings. The fourth-order valence-electron chi connectivity index (χ4n) is 2.86. The number of hydrogen-bond acceptors (Lipinski definition) is 1. The lowest BCUT2D eigenvalue weighted by Gasteiger charge is -2.18. The van der Waals surface area contributed by atoms with E-state index in [0.29, 0.717) is 6.04 Å². The third-order valence-electron chi connectivity index (χ3n) is 4.02. The minimum absolute atomic E-state index is 0.587. The second-order valence-corrected chi connectivity index (χ2v) is 6.44. The average molecular weight is 310 g/mol. The monoisotopic (exact) mass is 309 g/mol. The zero-order valence-corrected chi connectivity index (χ0v) is 14.6. The molecule has 0 saturated heterocycles. The summed E-state index contributed by atoms with van der Waals surface area (Å²) in [6, 6.07) is 8.86. The minimum atomic E-state index is 0.587. The Hall–Kier alpha value is -0.530. The highest BCUT2D eigenvalue weighted by Gasteiger charge is 2.08. The Bertz CT molecular complexity index is 364. The van der Waals surface area contributed by atoms with Crippen molar-refractivity contribution < 1.29 is 0 Å². The van der Waals surface area contributed by atoms with Crippen LogP contribution in [0.2, 0.25) is 5.02 Å². The predicted molar refractivity (Wildman–Crippen MR) is 95.2 cm³/mol. The molecule has 0 fully saturated rings. The van der Waals surface area contributed by atoms with Gasteiger partial charge in [-0.1, -0.05) is 82.5 Å². The smallest absolute Gasteiger partial charge is 0.0408 e. The summed E-state index contributed by atoms with van der Waals surface area (Å²) in [5.41, 5.74) is 1.34. The van der Waals surface area contributed by atoms with Gasteiger partial charge in [0.2, 0.25) is 0 Å². The molecule has 1 rings (SSSR count). The molecule has 1 aromatic carbocycles. The van der Waals surface area contributed by atoms with Crippen molar-refractivity contribution in [1.82, 2.24) is 5.32 Å². The minimum Gasteiger partial charge on any atom is -0.314 e. The normalized spacial score (nSPS) is 12.5. The summed E-state index contributed by atoms with van der Waals surface area (Å²) in [4.78, 5) is 0. The maximum Gasteiger partial charge on any atom is 0.0408 e. The SMILES string of the molecule is CCCCCCCCCC(Cc1cccc(Cl)c1)NCC. The third kappa shape index (κ3) is 9.16. The summed E-state index contributed by atoms with van der Waals surface area (Å²) in [6.07, 6.45) is 12.0. The van der Waals surface area contributed by atoms with Gasteiger partial charge in [-0.15, -0.1) is 0 Å². The predicted octanol–water partition coefficient (Wildman–Crippen LogP) is 6.00. The third-order valence-corrected chi connectivity index (χ3v) is 4.26. The molecule has 0 radical (unpaired) electrons. The molecule has 0 heterocycles. The lowest BCUT2D eigenvalue weighted by Crippen LogP contribution is -2.30. The van der Waals surface area contributed by atoms with Gasteiger partial charge >= 0.3 is 0 Å². The van der Waals surface area contributed by atoms with E-state index >= 15 is 0 Å². The van der Waals surface area contributed by atoms with Gasteiger partial charge < -0.3 is 5.32 Å². The summed E-state index contributed by atoms with van der Waals surface area (Å²) in [5.74, 6) is 0. The van der Waals surface area contributed by atoms with Gasteiger partial charge in [-0.25, -0.2) is 0 Å². The van der Waals surface area contributed by atoms with Gasteiger partial charge in [0.05, 0.1) is 0 Å². The van der Waals surface area contributed by atoms with E-state index in [1.54, 1.807) is 0 Å². The first-order chi connectivity index (χ1) is 10.3. The van der Waals surface area contributed by atoms with Crippen LogP contribution in [-0.2, 0) is 6.42 Å². The molecule has 0 aromatic heterocycles. The Morgan fingerprint density at radius 1 is 1.00 bits per heavy atom. The van der Waals surface area contributed by atoms with Crippen molar-refractivity contribution >= 4 is 11.6 Å². The molecule has 120 valence electrons. The number of likely N-dealkylation sites (N-methyl/N-ethyl adjacent to an activating group) is 1. The van der Waals surface area contributed by atoms with Gasteiger partial charge in [-0.05, 0) is 37.1 Å². The van der Waals surface area contributed by atoms with E-state index in [9.17, 15) is 0 Å². The van der Waals surface area contributed by atoms with Crippen LogP contribution in [0.4, 0.5) is 0 Å². The molecule has 1 N–H and O–H groups in total. The quantitative estimate of drug-likeness (QED) is 0.467. The van der Waals surface area contributed by atoms with E-state index in [1.807, 2.05) is 6.07 Å². The summed E-state index contributed by atoms with van der Waals surface area (Å²) in [7, 11) is 0. The summed E-state index contributed by atoms with van der Waals surface area (Å²) in [6.45, 7) is 5.51. The number of unbranched alkanes of at least 4 members (excludes halogenated alkanes) is 6. The molecular formula is C19H32ClN. The highest BCUT2D eigenvalue weighted by Crippen LogP contribution is 2.15. The molecular weight excluding hydrogens is 278 g/mol. The number of nitrogens with one attached hydrogen (secondary N) is 1. The largest absolute Gasteiger partial charge is 0.314 e. The van der Waals surface area contributed by atoms with Crippen LogP contribution in [0.3, 0.4) is 0 Å². The summed E-state index contributed by atoms with van der Waals surface area (Å²) >= 11 is 6.07. The Morgan fingerprint density at radius 2 is 1.71 bits per heavy atom. The Balaban J connectivity index is 2.23. The molecule has 1 unspecified atom stereocenters. The first-order valence-corrected chi connectivity index (χ1v) is 9.11. The van der Waals surface area contributed by atoms with Gasteiger partial charge in [-0.2, -0.15) is 0 Å². The van der Waals surface area contributed by atoms with Crippen LogP contribution in [-0.4, -0.2) is 12.6 Å². The van der Waals surface area contributed by atoms with E-state index in [1.165, 1.54) is 56.9 Å². The molecule has 21 heavy (non-hydrogen) atoms. The zero-order valence-electron chi connectivity index (χ0n) is 13.8. The number of halogens is 1. The standard InChI is InChI=1S/C19H32ClN/c1-3-5-6-7-8-9-10-14-19(21-4-2)16-17-12-11-13-18(20)15-17/h11-13,15,19,21H,3-10,14,16H2,1-2H3. The van der Waals surface area contributed by atoms with Gasteiger partial charge in [-0.3, -0.25) is 0 Å². The molecule has 0 spiro atoms. The summed E-state index contributed by atoms with van der Waals surface area (Å²) < 4.78 is 0. The number of rotatable bonds is 12. The average Bonchev–Trinajstić information content (AvgIpc) is 2.46. The maximum absolute atomic E-state index is 6.07. The van der Waals surface area contributed by atoms with E-state index < -0.39 is 0 Å². The number of hydrogen-bond donors (Lipinski definition) is 1. The van der Waals surface area contributed by atoms with Crippen LogP contribution in [0.25, 0.3) is 0 Å². The maximum atomic E-state index is 6.07. The summed E-state index contributed by atoms with van der Waals surface area (Å²) in [5, 5.41) is 4.46. The molecule has 0 amide bonds. The first kappa shape index (κ1) is 18.5. The molecule has 0 aliphatic heterocycles. The van der Waals surface area contributed by atoms with Crippen LogP contribution < -0.4 is 5.32 Å². The van der Waals surface area contributed by atoms with Gasteiger partial charge in [0, 0.05) is 11.1 Å². The highest BCUT2D eigenvalue weighted by molar-refractivity contribution is 6.30. The van der Waals surface area contributed by atoms with E-state index in [4.69, 9.17) is 11.6 Å². The Morgan fingerprint density at radius 3 is 2.38 bits per heavy atom. The van der Waals surface area contributed by atoms with Crippen molar-refractivity contribution in [2.75, 3.05) is 6.54 Å². The second-order valence-electron chi connectivity index (χ2n) is 6.00. The van der Waals surface area contributed by atoms with Crippen molar-refractivity contribution in [3.8, 4) is 0 Å². The van der Waals surface area contributed by atoms with Crippen LogP contribution in [0.1, 0.15) is 70.8 Å². The van der Waals surface area contributed by atoms with E-state index in [-0.39, 0.29) is 0 Å². The lowest BCUT2D eigenvalue weighted by atomic mass is 9.99. The topological polar surface area (TPSA) is 12.0 Å². The molecule has 2 heteroatoms. The van der Waals surface area contributed by atoms with Crippen molar-refractivity contribution in [3.05, 3.63) is 34.9 Å². The molecule has 0 saturated carbocycles. The lowest BCUT2D eigenvalue weighted by molar-refractivity contribution is 0.459. The van der Waals surface area contributed by atoms with Gasteiger partial charge in [0.1, 0.15) is 0 Å². The number of benzene rings is 1. The molecule has 0 aliphatic rings. The van der Waals surface area contributed by atoms with Crippen molar-refractivity contribution in [2.24, 2.45) is 0 Å². The molecule has 1 atom stereocenters. The van der Waals surface area contributed by atoms with E-state index in [0.717, 1.165) is 18.0 Å². The van der Waals surface area contributed by atoms with E-state index in [2.05, 4.69) is 37.4 Å². The Labute approximate surface area is 136 Å². The van der Waals surface area contributed by atoms with Crippen LogP contribution in [0, 0.1) is 0 Å². The Kier molecular flexibility index (Phi) is 10.6.